The molecule has 0 bridgehead atoms. The third-order valence-corrected chi connectivity index (χ3v) is 5.56. The zero-order chi connectivity index (χ0) is 20.2. The van der Waals surface area contributed by atoms with Crippen molar-refractivity contribution in [3.63, 3.8) is 0 Å². The van der Waals surface area contributed by atoms with Crippen LogP contribution in [0.4, 0.5) is 5.69 Å². The van der Waals surface area contributed by atoms with E-state index in [1.54, 1.807) is 0 Å². The van der Waals surface area contributed by atoms with E-state index in [1.807, 2.05) is 0 Å². The molecule has 2 aliphatic rings. The molecule has 29 heavy (non-hydrogen) atoms. The second kappa shape index (κ2) is 12.7. The second-order valence-corrected chi connectivity index (χ2v) is 7.66. The molecule has 162 valence electrons. The molecule has 2 heterocycles. The van der Waals surface area contributed by atoms with Gasteiger partial charge in [-0.2, -0.15) is 0 Å². The van der Waals surface area contributed by atoms with Crippen LogP contribution in [0.3, 0.4) is 0 Å². The van der Waals surface area contributed by atoms with Crippen molar-refractivity contribution in [1.29, 1.82) is 0 Å². The zero-order valence-corrected chi connectivity index (χ0v) is 18.0. The van der Waals surface area contributed by atoms with Crippen molar-refractivity contribution in [2.24, 2.45) is 4.99 Å². The van der Waals surface area contributed by atoms with Crippen molar-refractivity contribution < 1.29 is 4.74 Å². The molecule has 7 nitrogen and oxygen atoms in total. The molecular formula is C22H38N6O. The first-order chi connectivity index (χ1) is 14.3. The van der Waals surface area contributed by atoms with Crippen molar-refractivity contribution in [3.8, 4) is 0 Å². The van der Waals surface area contributed by atoms with Gasteiger partial charge in [0.1, 0.15) is 0 Å². The quantitative estimate of drug-likeness (QED) is 0.366. The van der Waals surface area contributed by atoms with Gasteiger partial charge in [0, 0.05) is 77.7 Å². The lowest BCUT2D eigenvalue weighted by Gasteiger charge is -2.36. The Kier molecular flexibility index (Phi) is 9.56. The van der Waals surface area contributed by atoms with Crippen LogP contribution in [0.25, 0.3) is 0 Å². The summed E-state index contributed by atoms with van der Waals surface area (Å²) in [5.74, 6) is 0.939. The van der Waals surface area contributed by atoms with Crippen molar-refractivity contribution in [2.75, 3.05) is 90.1 Å². The highest BCUT2D eigenvalue weighted by atomic mass is 16.5. The molecule has 0 aliphatic carbocycles. The Bertz CT molecular complexity index is 582. The molecule has 0 unspecified atom stereocenters. The number of benzene rings is 1. The minimum absolute atomic E-state index is 0.855. The Morgan fingerprint density at radius 1 is 0.931 bits per heavy atom. The fourth-order valence-electron chi connectivity index (χ4n) is 3.85. The van der Waals surface area contributed by atoms with E-state index in [4.69, 9.17) is 9.73 Å². The predicted octanol–water partition coefficient (Wildman–Crippen LogP) is 1.09. The summed E-state index contributed by atoms with van der Waals surface area (Å²) in [4.78, 5) is 12.2. The molecule has 1 aromatic carbocycles. The maximum absolute atomic E-state index is 5.40. The number of piperazine rings is 1. The summed E-state index contributed by atoms with van der Waals surface area (Å²) in [6.45, 7) is 15.2. The largest absolute Gasteiger partial charge is 0.379 e. The van der Waals surface area contributed by atoms with Gasteiger partial charge >= 0.3 is 0 Å². The highest BCUT2D eigenvalue weighted by Crippen LogP contribution is 2.15. The summed E-state index contributed by atoms with van der Waals surface area (Å²) in [6, 6.07) is 10.7. The smallest absolute Gasteiger partial charge is 0.191 e. The average Bonchev–Trinajstić information content (AvgIpc) is 2.78. The van der Waals surface area contributed by atoms with Gasteiger partial charge in [-0.1, -0.05) is 18.2 Å². The van der Waals surface area contributed by atoms with Gasteiger partial charge in [-0.15, -0.1) is 0 Å². The van der Waals surface area contributed by atoms with E-state index in [2.05, 4.69) is 62.6 Å². The lowest BCUT2D eigenvalue weighted by atomic mass is 10.2. The summed E-state index contributed by atoms with van der Waals surface area (Å²) in [5.41, 5.74) is 1.34. The minimum atomic E-state index is 0.855. The first-order valence-electron chi connectivity index (χ1n) is 11.2. The number of hydrogen-bond acceptors (Lipinski definition) is 5. The molecule has 1 aromatic rings. The number of ether oxygens (including phenoxy) is 1. The molecule has 2 N–H and O–H groups in total. The van der Waals surface area contributed by atoms with Gasteiger partial charge < -0.3 is 20.3 Å². The van der Waals surface area contributed by atoms with Gasteiger partial charge in [0.15, 0.2) is 5.96 Å². The SMILES string of the molecule is CCNC(=NCCCN1CCN(c2ccccc2)CC1)NCCN1CCOCC1. The maximum Gasteiger partial charge on any atom is 0.191 e. The summed E-state index contributed by atoms with van der Waals surface area (Å²) >= 11 is 0. The monoisotopic (exact) mass is 402 g/mol. The topological polar surface area (TPSA) is 55.4 Å². The minimum Gasteiger partial charge on any atom is -0.379 e. The van der Waals surface area contributed by atoms with Crippen LogP contribution in [0, 0.1) is 0 Å². The third-order valence-electron chi connectivity index (χ3n) is 5.56. The van der Waals surface area contributed by atoms with Crippen LogP contribution in [0.5, 0.6) is 0 Å². The normalized spacial score (nSPS) is 19.3. The molecule has 0 saturated carbocycles. The maximum atomic E-state index is 5.40. The molecule has 0 radical (unpaired) electrons. The van der Waals surface area contributed by atoms with E-state index < -0.39 is 0 Å². The second-order valence-electron chi connectivity index (χ2n) is 7.66. The number of hydrogen-bond donors (Lipinski definition) is 2. The summed E-state index contributed by atoms with van der Waals surface area (Å²) in [7, 11) is 0. The molecule has 3 rings (SSSR count). The van der Waals surface area contributed by atoms with Gasteiger partial charge in [-0.25, -0.2) is 0 Å². The van der Waals surface area contributed by atoms with Crippen molar-refractivity contribution >= 4 is 11.6 Å². The van der Waals surface area contributed by atoms with E-state index >= 15 is 0 Å². The molecular weight excluding hydrogens is 364 g/mol. The van der Waals surface area contributed by atoms with E-state index in [9.17, 15) is 0 Å². The lowest BCUT2D eigenvalue weighted by molar-refractivity contribution is 0.0389. The van der Waals surface area contributed by atoms with Gasteiger partial charge in [-0.3, -0.25) is 14.8 Å². The van der Waals surface area contributed by atoms with Gasteiger partial charge in [0.25, 0.3) is 0 Å². The standard InChI is InChI=1S/C22H38N6O/c1-2-23-22(25-10-12-27-17-19-29-20-18-27)24-9-6-11-26-13-15-28(16-14-26)21-7-4-3-5-8-21/h3-5,7-8H,2,6,9-20H2,1H3,(H2,23,24,25). The number of nitrogens with zero attached hydrogens (tertiary/aromatic N) is 4. The van der Waals surface area contributed by atoms with Crippen LogP contribution in [0.15, 0.2) is 35.3 Å². The first kappa shape index (κ1) is 21.9. The fraction of sp³-hybridized carbons (Fsp3) is 0.682. The first-order valence-corrected chi connectivity index (χ1v) is 11.2. The molecule has 0 aromatic heterocycles. The fourth-order valence-corrected chi connectivity index (χ4v) is 3.85. The number of para-hydroxylation sites is 1. The van der Waals surface area contributed by atoms with E-state index in [1.165, 1.54) is 5.69 Å². The number of anilines is 1. The Morgan fingerprint density at radius 2 is 1.66 bits per heavy atom. The van der Waals surface area contributed by atoms with E-state index in [0.717, 1.165) is 97.6 Å². The zero-order valence-electron chi connectivity index (χ0n) is 18.0. The lowest BCUT2D eigenvalue weighted by Crippen LogP contribution is -2.46. The van der Waals surface area contributed by atoms with Gasteiger partial charge in [-0.05, 0) is 25.5 Å². The summed E-state index contributed by atoms with van der Waals surface area (Å²) < 4.78 is 5.40. The van der Waals surface area contributed by atoms with Crippen LogP contribution in [-0.4, -0.2) is 101 Å². The molecule has 0 spiro atoms. The van der Waals surface area contributed by atoms with Crippen LogP contribution < -0.4 is 15.5 Å². The average molecular weight is 403 g/mol. The number of morpholine rings is 1. The number of rotatable bonds is 9. The molecule has 7 heteroatoms. The van der Waals surface area contributed by atoms with Crippen molar-refractivity contribution in [2.45, 2.75) is 13.3 Å². The molecule has 2 fully saturated rings. The summed E-state index contributed by atoms with van der Waals surface area (Å²) in [6.07, 6.45) is 1.10. The number of nitrogens with one attached hydrogen (secondary N) is 2. The molecule has 0 amide bonds. The van der Waals surface area contributed by atoms with Crippen LogP contribution in [0.2, 0.25) is 0 Å². The Morgan fingerprint density at radius 3 is 2.38 bits per heavy atom. The van der Waals surface area contributed by atoms with E-state index in [-0.39, 0.29) is 0 Å². The van der Waals surface area contributed by atoms with Crippen molar-refractivity contribution in [3.05, 3.63) is 30.3 Å². The van der Waals surface area contributed by atoms with Gasteiger partial charge in [0.2, 0.25) is 0 Å². The van der Waals surface area contributed by atoms with Crippen LogP contribution in [-0.2, 0) is 4.74 Å². The number of aliphatic imine (C=N–C) groups is 1. The highest BCUT2D eigenvalue weighted by Gasteiger charge is 2.16. The highest BCUT2D eigenvalue weighted by molar-refractivity contribution is 5.79. The van der Waals surface area contributed by atoms with Gasteiger partial charge in [0.05, 0.1) is 13.2 Å². The van der Waals surface area contributed by atoms with Crippen LogP contribution >= 0.6 is 0 Å². The molecule has 2 saturated heterocycles. The molecule has 2 aliphatic heterocycles. The number of guanidine groups is 1. The summed E-state index contributed by atoms with van der Waals surface area (Å²) in [5, 5.41) is 6.82. The Labute approximate surface area is 176 Å². The Balaban J connectivity index is 1.30. The predicted molar refractivity (Wildman–Crippen MR) is 121 cm³/mol. The molecule has 0 atom stereocenters. The Hall–Kier alpha value is -1.83. The van der Waals surface area contributed by atoms with Crippen LogP contribution in [0.1, 0.15) is 13.3 Å². The third kappa shape index (κ3) is 7.84. The van der Waals surface area contributed by atoms with E-state index in [0.29, 0.717) is 0 Å². The van der Waals surface area contributed by atoms with Crippen molar-refractivity contribution in [1.82, 2.24) is 20.4 Å².